The van der Waals surface area contributed by atoms with Gasteiger partial charge in [-0.25, -0.2) is 13.1 Å². The third-order valence-corrected chi connectivity index (χ3v) is 7.04. The van der Waals surface area contributed by atoms with Crippen LogP contribution in [-0.4, -0.2) is 30.0 Å². The van der Waals surface area contributed by atoms with Crippen LogP contribution in [-0.2, 0) is 24.3 Å². The average molecular weight is 432 g/mol. The average Bonchev–Trinajstić information content (AvgIpc) is 2.75. The molecule has 6 nitrogen and oxygen atoms in total. The van der Waals surface area contributed by atoms with E-state index in [0.29, 0.717) is 0 Å². The number of hydrogen-bond donors (Lipinski definition) is 1. The van der Waals surface area contributed by atoms with Crippen molar-refractivity contribution >= 4 is 20.1 Å². The van der Waals surface area contributed by atoms with E-state index in [0.717, 1.165) is 5.56 Å². The molecule has 0 aliphatic rings. The van der Waals surface area contributed by atoms with Crippen molar-refractivity contribution in [3.8, 4) is 0 Å². The van der Waals surface area contributed by atoms with Crippen LogP contribution in [0.15, 0.2) is 101 Å². The monoisotopic (exact) mass is 431 g/mol. The quantitative estimate of drug-likeness (QED) is 0.526. The molecule has 0 bridgehead atoms. The van der Waals surface area contributed by atoms with E-state index in [2.05, 4.69) is 4.72 Å². The zero-order valence-electron chi connectivity index (χ0n) is 15.5. The van der Waals surface area contributed by atoms with Crippen LogP contribution in [0.2, 0.25) is 0 Å². The molecule has 0 fully saturated rings. The van der Waals surface area contributed by atoms with Crippen molar-refractivity contribution in [2.24, 2.45) is 0 Å². The predicted molar refractivity (Wildman–Crippen MR) is 110 cm³/mol. The van der Waals surface area contributed by atoms with Crippen molar-refractivity contribution in [3.63, 3.8) is 0 Å². The minimum Gasteiger partial charge on any atom is -0.266 e. The number of nitrogens with one attached hydrogen (secondary N) is 1. The molecule has 0 spiro atoms. The van der Waals surface area contributed by atoms with Crippen molar-refractivity contribution in [1.29, 1.82) is 0 Å². The Labute approximate surface area is 171 Å². The second kappa shape index (κ2) is 9.32. The van der Waals surface area contributed by atoms with Crippen LogP contribution in [0, 0.1) is 0 Å². The molecule has 0 unspecified atom stereocenters. The first-order valence-corrected chi connectivity index (χ1v) is 11.8. The first-order chi connectivity index (χ1) is 13.9. The van der Waals surface area contributed by atoms with Crippen molar-refractivity contribution in [2.75, 3.05) is 13.2 Å². The van der Waals surface area contributed by atoms with Gasteiger partial charge in [0.15, 0.2) is 0 Å². The Hall–Kier alpha value is -2.52. The first-order valence-electron chi connectivity index (χ1n) is 8.93. The molecular weight excluding hydrogens is 410 g/mol. The molecule has 0 saturated carbocycles. The zero-order chi connectivity index (χ0) is 20.7. The highest BCUT2D eigenvalue weighted by atomic mass is 32.2. The van der Waals surface area contributed by atoms with Gasteiger partial charge in [-0.05, 0) is 29.8 Å². The molecule has 0 aliphatic carbocycles. The summed E-state index contributed by atoms with van der Waals surface area (Å²) >= 11 is 0. The van der Waals surface area contributed by atoms with Crippen LogP contribution < -0.4 is 4.72 Å². The van der Waals surface area contributed by atoms with Gasteiger partial charge in [0.05, 0.1) is 16.4 Å². The van der Waals surface area contributed by atoms with Crippen molar-refractivity contribution in [1.82, 2.24) is 4.72 Å². The highest BCUT2D eigenvalue weighted by Crippen LogP contribution is 2.20. The van der Waals surface area contributed by atoms with Gasteiger partial charge < -0.3 is 0 Å². The maximum atomic E-state index is 12.5. The number of sulfonamides is 1. The number of benzene rings is 3. The Bertz CT molecular complexity index is 1040. The molecule has 0 aromatic heterocycles. The summed E-state index contributed by atoms with van der Waals surface area (Å²) in [6.45, 7) is -0.204. The van der Waals surface area contributed by atoms with E-state index in [1.54, 1.807) is 60.7 Å². The highest BCUT2D eigenvalue weighted by molar-refractivity contribution is 7.89. The summed E-state index contributed by atoms with van der Waals surface area (Å²) in [7, 11) is -7.67. The molecule has 3 rings (SSSR count). The smallest absolute Gasteiger partial charge is 0.266 e. The molecule has 152 valence electrons. The molecule has 0 aliphatic heterocycles. The van der Waals surface area contributed by atoms with Gasteiger partial charge in [-0.2, -0.15) is 8.42 Å². The van der Waals surface area contributed by atoms with Crippen molar-refractivity contribution < 1.29 is 21.0 Å². The third-order valence-electron chi connectivity index (χ3n) is 4.30. The molecule has 1 N–H and O–H groups in total. The van der Waals surface area contributed by atoms with Gasteiger partial charge >= 0.3 is 0 Å². The van der Waals surface area contributed by atoms with E-state index in [4.69, 9.17) is 4.18 Å². The van der Waals surface area contributed by atoms with Gasteiger partial charge in [-0.3, -0.25) is 4.18 Å². The fourth-order valence-corrected chi connectivity index (χ4v) is 4.79. The summed E-state index contributed by atoms with van der Waals surface area (Å²) in [6, 6.07) is 24.9. The number of hydrogen-bond acceptors (Lipinski definition) is 5. The summed E-state index contributed by atoms with van der Waals surface area (Å²) < 4.78 is 57.7. The zero-order valence-corrected chi connectivity index (χ0v) is 17.1. The SMILES string of the molecule is O=S(=O)(NC[C@@H](COS(=O)(=O)c1ccccc1)c1ccccc1)c1ccccc1. The lowest BCUT2D eigenvalue weighted by atomic mass is 10.0. The summed E-state index contributed by atoms with van der Waals surface area (Å²) in [6.07, 6.45) is 0. The molecule has 1 atom stereocenters. The van der Waals surface area contributed by atoms with Crippen LogP contribution in [0.5, 0.6) is 0 Å². The first kappa shape index (κ1) is 21.2. The maximum Gasteiger partial charge on any atom is 0.296 e. The van der Waals surface area contributed by atoms with Gasteiger partial charge in [0, 0.05) is 12.5 Å². The largest absolute Gasteiger partial charge is 0.296 e. The minimum absolute atomic E-state index is 0.00838. The van der Waals surface area contributed by atoms with Crippen LogP contribution in [0.3, 0.4) is 0 Å². The molecule has 3 aromatic rings. The molecule has 3 aromatic carbocycles. The molecule has 0 amide bonds. The van der Waals surface area contributed by atoms with Crippen LogP contribution in [0.25, 0.3) is 0 Å². The Balaban J connectivity index is 1.76. The van der Waals surface area contributed by atoms with Crippen LogP contribution in [0.4, 0.5) is 0 Å². The third kappa shape index (κ3) is 5.74. The molecule has 0 radical (unpaired) electrons. The second-order valence-corrected chi connectivity index (χ2v) is 9.71. The van der Waals surface area contributed by atoms with Crippen LogP contribution >= 0.6 is 0 Å². The lowest BCUT2D eigenvalue weighted by Crippen LogP contribution is -2.30. The fraction of sp³-hybridized carbons (Fsp3) is 0.143. The van der Waals surface area contributed by atoms with Crippen LogP contribution in [0.1, 0.15) is 11.5 Å². The van der Waals surface area contributed by atoms with E-state index in [1.807, 2.05) is 6.07 Å². The topological polar surface area (TPSA) is 89.5 Å². The van der Waals surface area contributed by atoms with Gasteiger partial charge in [0.1, 0.15) is 0 Å². The summed E-state index contributed by atoms with van der Waals surface area (Å²) in [5.41, 5.74) is 0.770. The van der Waals surface area contributed by atoms with Crippen molar-refractivity contribution in [2.45, 2.75) is 15.7 Å². The molecule has 0 saturated heterocycles. The van der Waals surface area contributed by atoms with E-state index in [-0.39, 0.29) is 22.9 Å². The Morgan fingerprint density at radius 2 is 1.17 bits per heavy atom. The highest BCUT2D eigenvalue weighted by Gasteiger charge is 2.22. The Morgan fingerprint density at radius 1 is 0.690 bits per heavy atom. The summed E-state index contributed by atoms with van der Waals surface area (Å²) in [5.74, 6) is -0.492. The van der Waals surface area contributed by atoms with E-state index in [9.17, 15) is 16.8 Å². The normalized spacial score (nSPS) is 13.1. The summed E-state index contributed by atoms with van der Waals surface area (Å²) in [5, 5.41) is 0. The predicted octanol–water partition coefficient (Wildman–Crippen LogP) is 3.15. The maximum absolute atomic E-state index is 12.5. The van der Waals surface area contributed by atoms with Gasteiger partial charge in [0.2, 0.25) is 10.0 Å². The Kier molecular flexibility index (Phi) is 6.81. The van der Waals surface area contributed by atoms with E-state index >= 15 is 0 Å². The Morgan fingerprint density at radius 3 is 1.72 bits per heavy atom. The molecule has 8 heteroatoms. The molecule has 0 heterocycles. The van der Waals surface area contributed by atoms with Gasteiger partial charge in [-0.15, -0.1) is 0 Å². The lowest BCUT2D eigenvalue weighted by molar-refractivity contribution is 0.291. The van der Waals surface area contributed by atoms with E-state index in [1.165, 1.54) is 24.3 Å². The van der Waals surface area contributed by atoms with Crippen molar-refractivity contribution in [3.05, 3.63) is 96.6 Å². The number of rotatable bonds is 9. The second-order valence-electron chi connectivity index (χ2n) is 6.32. The fourth-order valence-electron chi connectivity index (χ4n) is 2.72. The standard InChI is InChI=1S/C21H21NO5S2/c23-28(24,20-12-6-2-7-13-20)22-16-19(18-10-4-1-5-11-18)17-27-29(25,26)21-14-8-3-9-15-21/h1-15,19,22H,16-17H2/t19-/m0/s1. The molecule has 29 heavy (non-hydrogen) atoms. The minimum atomic E-state index is -3.95. The molecular formula is C21H21NO5S2. The lowest BCUT2D eigenvalue weighted by Gasteiger charge is -2.18. The van der Waals surface area contributed by atoms with Gasteiger partial charge in [0.25, 0.3) is 10.1 Å². The van der Waals surface area contributed by atoms with E-state index < -0.39 is 26.1 Å². The van der Waals surface area contributed by atoms with Gasteiger partial charge in [-0.1, -0.05) is 66.7 Å². The summed E-state index contributed by atoms with van der Waals surface area (Å²) in [4.78, 5) is 0.196.